The van der Waals surface area contributed by atoms with Gasteiger partial charge < -0.3 is 5.32 Å². The summed E-state index contributed by atoms with van der Waals surface area (Å²) < 4.78 is 0.964. The van der Waals surface area contributed by atoms with Gasteiger partial charge in [-0.15, -0.1) is 0 Å². The molecule has 1 atom stereocenters. The number of nitrogens with zero attached hydrogens (tertiary/aromatic N) is 1. The molecule has 4 heteroatoms. The molecule has 0 saturated heterocycles. The van der Waals surface area contributed by atoms with Crippen LogP contribution in [0.15, 0.2) is 22.7 Å². The SMILES string of the molecule is Cc1cc(Br)ccc1NC(=O)C(C)C#N. The Morgan fingerprint density at radius 3 is 2.80 bits per heavy atom. The lowest BCUT2D eigenvalue weighted by atomic mass is 10.1. The molecular weight excluding hydrogens is 256 g/mol. The lowest BCUT2D eigenvalue weighted by Gasteiger charge is -2.09. The van der Waals surface area contributed by atoms with Crippen LogP contribution in [0.5, 0.6) is 0 Å². The number of carbonyl (C=O) groups is 1. The van der Waals surface area contributed by atoms with E-state index in [1.54, 1.807) is 13.0 Å². The normalized spacial score (nSPS) is 11.6. The van der Waals surface area contributed by atoms with Crippen LogP contribution in [0.3, 0.4) is 0 Å². The third-order valence-corrected chi connectivity index (χ3v) is 2.53. The Labute approximate surface area is 97.2 Å². The molecule has 0 radical (unpaired) electrons. The Kier molecular flexibility index (Phi) is 3.87. The lowest BCUT2D eigenvalue weighted by Crippen LogP contribution is -2.19. The quantitative estimate of drug-likeness (QED) is 0.895. The molecule has 0 aliphatic rings. The van der Waals surface area contributed by atoms with Gasteiger partial charge in [-0.25, -0.2) is 0 Å². The molecule has 0 spiro atoms. The van der Waals surface area contributed by atoms with Crippen LogP contribution < -0.4 is 5.32 Å². The van der Waals surface area contributed by atoms with Crippen LogP contribution in [0.4, 0.5) is 5.69 Å². The average Bonchev–Trinajstić information content (AvgIpc) is 2.20. The number of benzene rings is 1. The highest BCUT2D eigenvalue weighted by molar-refractivity contribution is 9.10. The molecule has 0 fully saturated rings. The van der Waals surface area contributed by atoms with Crippen LogP contribution in [0.1, 0.15) is 12.5 Å². The van der Waals surface area contributed by atoms with E-state index in [0.717, 1.165) is 15.7 Å². The maximum Gasteiger partial charge on any atom is 0.241 e. The summed E-state index contributed by atoms with van der Waals surface area (Å²) in [7, 11) is 0. The van der Waals surface area contributed by atoms with Crippen molar-refractivity contribution in [2.75, 3.05) is 5.32 Å². The third kappa shape index (κ3) is 3.07. The summed E-state index contributed by atoms with van der Waals surface area (Å²) in [5.74, 6) is -0.907. The predicted octanol–water partition coefficient (Wildman–Crippen LogP) is 2.86. The van der Waals surface area contributed by atoms with Gasteiger partial charge in [0.2, 0.25) is 5.91 Å². The molecule has 1 rings (SSSR count). The molecule has 0 aliphatic heterocycles. The van der Waals surface area contributed by atoms with Gasteiger partial charge in [-0.2, -0.15) is 5.26 Å². The molecule has 0 saturated carbocycles. The Morgan fingerprint density at radius 2 is 2.27 bits per heavy atom. The zero-order valence-electron chi connectivity index (χ0n) is 8.54. The van der Waals surface area contributed by atoms with Crippen molar-refractivity contribution >= 4 is 27.5 Å². The van der Waals surface area contributed by atoms with Gasteiger partial charge in [-0.05, 0) is 37.6 Å². The monoisotopic (exact) mass is 266 g/mol. The van der Waals surface area contributed by atoms with E-state index >= 15 is 0 Å². The fraction of sp³-hybridized carbons (Fsp3) is 0.273. The van der Waals surface area contributed by atoms with E-state index in [2.05, 4.69) is 21.2 Å². The first-order valence-electron chi connectivity index (χ1n) is 4.51. The van der Waals surface area contributed by atoms with Crippen molar-refractivity contribution in [3.8, 4) is 6.07 Å². The molecule has 78 valence electrons. The molecule has 0 aromatic heterocycles. The first kappa shape index (κ1) is 11.7. The summed E-state index contributed by atoms with van der Waals surface area (Å²) in [6.07, 6.45) is 0. The molecule has 0 aliphatic carbocycles. The number of amides is 1. The fourth-order valence-corrected chi connectivity index (χ4v) is 1.54. The molecule has 1 aromatic carbocycles. The van der Waals surface area contributed by atoms with Crippen molar-refractivity contribution in [3.05, 3.63) is 28.2 Å². The molecule has 15 heavy (non-hydrogen) atoms. The van der Waals surface area contributed by atoms with Gasteiger partial charge in [0.1, 0.15) is 5.92 Å². The van der Waals surface area contributed by atoms with Crippen LogP contribution in [0.25, 0.3) is 0 Å². The first-order valence-corrected chi connectivity index (χ1v) is 5.30. The van der Waals surface area contributed by atoms with Crippen LogP contribution in [-0.2, 0) is 4.79 Å². The topological polar surface area (TPSA) is 52.9 Å². The summed E-state index contributed by atoms with van der Waals surface area (Å²) in [6.45, 7) is 3.47. The minimum Gasteiger partial charge on any atom is -0.325 e. The molecule has 3 nitrogen and oxygen atoms in total. The van der Waals surface area contributed by atoms with E-state index in [-0.39, 0.29) is 5.91 Å². The van der Waals surface area contributed by atoms with E-state index in [0.29, 0.717) is 0 Å². The zero-order valence-corrected chi connectivity index (χ0v) is 10.1. The minimum absolute atomic E-state index is 0.275. The van der Waals surface area contributed by atoms with E-state index < -0.39 is 5.92 Å². The molecule has 1 amide bonds. The van der Waals surface area contributed by atoms with E-state index in [9.17, 15) is 4.79 Å². The maximum absolute atomic E-state index is 11.4. The van der Waals surface area contributed by atoms with Crippen molar-refractivity contribution in [2.45, 2.75) is 13.8 Å². The number of rotatable bonds is 2. The minimum atomic E-state index is -0.631. The Hall–Kier alpha value is -1.34. The summed E-state index contributed by atoms with van der Waals surface area (Å²) in [5, 5.41) is 11.3. The zero-order chi connectivity index (χ0) is 11.4. The van der Waals surface area contributed by atoms with E-state index in [1.165, 1.54) is 0 Å². The van der Waals surface area contributed by atoms with Crippen LogP contribution in [0, 0.1) is 24.2 Å². The van der Waals surface area contributed by atoms with Gasteiger partial charge in [0.15, 0.2) is 0 Å². The number of aryl methyl sites for hydroxylation is 1. The van der Waals surface area contributed by atoms with Gasteiger partial charge in [-0.3, -0.25) is 4.79 Å². The number of hydrogen-bond donors (Lipinski definition) is 1. The standard InChI is InChI=1S/C11H11BrN2O/c1-7-5-9(12)3-4-10(7)14-11(15)8(2)6-13/h3-5,8H,1-2H3,(H,14,15). The van der Waals surface area contributed by atoms with Gasteiger partial charge in [-0.1, -0.05) is 15.9 Å². The van der Waals surface area contributed by atoms with E-state index in [1.807, 2.05) is 25.1 Å². The van der Waals surface area contributed by atoms with Crippen LogP contribution in [0.2, 0.25) is 0 Å². The molecule has 1 N–H and O–H groups in total. The van der Waals surface area contributed by atoms with Gasteiger partial charge >= 0.3 is 0 Å². The van der Waals surface area contributed by atoms with Gasteiger partial charge in [0, 0.05) is 10.2 Å². The number of carbonyl (C=O) groups excluding carboxylic acids is 1. The van der Waals surface area contributed by atoms with Crippen LogP contribution in [-0.4, -0.2) is 5.91 Å². The van der Waals surface area contributed by atoms with Crippen molar-refractivity contribution in [3.63, 3.8) is 0 Å². The second-order valence-corrected chi connectivity index (χ2v) is 4.21. The van der Waals surface area contributed by atoms with Crippen molar-refractivity contribution in [1.29, 1.82) is 5.26 Å². The highest BCUT2D eigenvalue weighted by Gasteiger charge is 2.12. The largest absolute Gasteiger partial charge is 0.325 e. The molecule has 1 unspecified atom stereocenters. The first-order chi connectivity index (χ1) is 7.04. The van der Waals surface area contributed by atoms with Gasteiger partial charge in [0.05, 0.1) is 6.07 Å². The molecule has 0 bridgehead atoms. The Balaban J connectivity index is 2.82. The molecule has 0 heterocycles. The smallest absolute Gasteiger partial charge is 0.241 e. The number of hydrogen-bond acceptors (Lipinski definition) is 2. The lowest BCUT2D eigenvalue weighted by molar-refractivity contribution is -0.117. The highest BCUT2D eigenvalue weighted by Crippen LogP contribution is 2.20. The van der Waals surface area contributed by atoms with E-state index in [4.69, 9.17) is 5.26 Å². The number of anilines is 1. The van der Waals surface area contributed by atoms with Crippen molar-refractivity contribution in [1.82, 2.24) is 0 Å². The average molecular weight is 267 g/mol. The highest BCUT2D eigenvalue weighted by atomic mass is 79.9. The number of nitriles is 1. The predicted molar refractivity (Wildman–Crippen MR) is 62.3 cm³/mol. The maximum atomic E-state index is 11.4. The summed E-state index contributed by atoms with van der Waals surface area (Å²) in [4.78, 5) is 11.4. The summed E-state index contributed by atoms with van der Waals surface area (Å²) >= 11 is 3.34. The summed E-state index contributed by atoms with van der Waals surface area (Å²) in [6, 6.07) is 7.46. The van der Waals surface area contributed by atoms with Crippen LogP contribution >= 0.6 is 15.9 Å². The summed E-state index contributed by atoms with van der Waals surface area (Å²) in [5.41, 5.74) is 1.70. The molecule has 1 aromatic rings. The fourth-order valence-electron chi connectivity index (χ4n) is 1.07. The van der Waals surface area contributed by atoms with Crippen molar-refractivity contribution in [2.24, 2.45) is 5.92 Å². The second-order valence-electron chi connectivity index (χ2n) is 3.30. The second kappa shape index (κ2) is 4.94. The van der Waals surface area contributed by atoms with Crippen molar-refractivity contribution < 1.29 is 4.79 Å². The number of halogens is 1. The molecular formula is C11H11BrN2O. The van der Waals surface area contributed by atoms with Gasteiger partial charge in [0.25, 0.3) is 0 Å². The number of nitrogens with one attached hydrogen (secondary N) is 1. The Bertz CT molecular complexity index is 423. The Morgan fingerprint density at radius 1 is 1.60 bits per heavy atom. The third-order valence-electron chi connectivity index (χ3n) is 2.03.